The van der Waals surface area contributed by atoms with Crippen molar-refractivity contribution in [3.8, 4) is 5.75 Å². The van der Waals surface area contributed by atoms with Crippen molar-refractivity contribution in [2.75, 3.05) is 13.7 Å². The highest BCUT2D eigenvalue weighted by molar-refractivity contribution is 5.89. The van der Waals surface area contributed by atoms with Gasteiger partial charge in [0.15, 0.2) is 0 Å². The van der Waals surface area contributed by atoms with Crippen molar-refractivity contribution >= 4 is 22.7 Å². The molecule has 6 heteroatoms. The Hall–Kier alpha value is -3.28. The molecule has 1 heterocycles. The molecule has 1 aromatic heterocycles. The smallest absolute Gasteiger partial charge is 0.245 e. The molecule has 0 fully saturated rings. The quantitative estimate of drug-likeness (QED) is 0.617. The Kier molecular flexibility index (Phi) is 6.54. The largest absolute Gasteiger partial charge is 0.494 e. The molecule has 6 nitrogen and oxygen atoms in total. The number of amides is 2. The number of carbonyl (C=O) groups is 2. The number of likely N-dealkylation sites (N-methyl/N-ethyl adjacent to an activating group) is 1. The fraction of sp³-hybridized carbons (Fsp3) is 0.304. The number of hydrogen-bond donors (Lipinski definition) is 2. The van der Waals surface area contributed by atoms with Gasteiger partial charge in [-0.05, 0) is 36.2 Å². The van der Waals surface area contributed by atoms with E-state index in [0.29, 0.717) is 19.6 Å². The van der Waals surface area contributed by atoms with Gasteiger partial charge >= 0.3 is 0 Å². The highest BCUT2D eigenvalue weighted by Crippen LogP contribution is 2.20. The average Bonchev–Trinajstić information content (AvgIpc) is 3.11. The number of nitrogens with one attached hydrogen (secondary N) is 2. The van der Waals surface area contributed by atoms with Crippen LogP contribution in [0.5, 0.6) is 5.75 Å². The Balaban J connectivity index is 1.73. The summed E-state index contributed by atoms with van der Waals surface area (Å²) in [5, 5.41) is 3.87. The van der Waals surface area contributed by atoms with Gasteiger partial charge in [0.05, 0.1) is 6.61 Å². The van der Waals surface area contributed by atoms with Crippen molar-refractivity contribution < 1.29 is 14.3 Å². The number of rotatable bonds is 8. The summed E-state index contributed by atoms with van der Waals surface area (Å²) in [6.45, 7) is 4.44. The second-order valence-corrected chi connectivity index (χ2v) is 7.09. The van der Waals surface area contributed by atoms with Crippen LogP contribution in [0.2, 0.25) is 0 Å². The zero-order chi connectivity index (χ0) is 20.8. The summed E-state index contributed by atoms with van der Waals surface area (Å²) >= 11 is 0. The summed E-state index contributed by atoms with van der Waals surface area (Å²) in [5.41, 5.74) is 3.01. The number of aromatic amines is 1. The Morgan fingerprint density at radius 1 is 1.14 bits per heavy atom. The van der Waals surface area contributed by atoms with E-state index in [-0.39, 0.29) is 11.8 Å². The van der Waals surface area contributed by atoms with E-state index in [1.807, 2.05) is 61.7 Å². The summed E-state index contributed by atoms with van der Waals surface area (Å²) in [7, 11) is 1.75. The number of nitrogens with zero attached hydrogens (tertiary/aromatic N) is 1. The lowest BCUT2D eigenvalue weighted by Gasteiger charge is -2.24. The van der Waals surface area contributed by atoms with E-state index in [4.69, 9.17) is 4.74 Å². The van der Waals surface area contributed by atoms with E-state index in [9.17, 15) is 9.59 Å². The van der Waals surface area contributed by atoms with Crippen LogP contribution in [0.25, 0.3) is 10.9 Å². The zero-order valence-electron chi connectivity index (χ0n) is 17.1. The Labute approximate surface area is 170 Å². The number of ether oxygens (including phenoxy) is 1. The maximum Gasteiger partial charge on any atom is 0.245 e. The second kappa shape index (κ2) is 9.28. The van der Waals surface area contributed by atoms with Crippen molar-refractivity contribution in [3.63, 3.8) is 0 Å². The van der Waals surface area contributed by atoms with Crippen molar-refractivity contribution in [1.82, 2.24) is 15.2 Å². The molecule has 29 heavy (non-hydrogen) atoms. The molecule has 0 saturated carbocycles. The van der Waals surface area contributed by atoms with Gasteiger partial charge in [0.2, 0.25) is 11.8 Å². The lowest BCUT2D eigenvalue weighted by atomic mass is 10.0. The van der Waals surface area contributed by atoms with Crippen LogP contribution >= 0.6 is 0 Å². The first-order valence-corrected chi connectivity index (χ1v) is 9.76. The van der Waals surface area contributed by atoms with E-state index in [2.05, 4.69) is 10.3 Å². The predicted octanol–water partition coefficient (Wildman–Crippen LogP) is 3.27. The number of carbonyl (C=O) groups excluding carboxylic acids is 2. The molecule has 0 bridgehead atoms. The molecule has 0 aliphatic rings. The van der Waals surface area contributed by atoms with E-state index in [1.54, 1.807) is 11.9 Å². The normalized spacial score (nSPS) is 11.8. The highest BCUT2D eigenvalue weighted by Gasteiger charge is 2.24. The summed E-state index contributed by atoms with van der Waals surface area (Å²) in [4.78, 5) is 29.7. The molecule has 1 atom stereocenters. The molecule has 3 aromatic rings. The molecule has 2 N–H and O–H groups in total. The van der Waals surface area contributed by atoms with Gasteiger partial charge in [-0.15, -0.1) is 0 Å². The van der Waals surface area contributed by atoms with E-state index in [0.717, 1.165) is 27.8 Å². The van der Waals surface area contributed by atoms with E-state index >= 15 is 0 Å². The number of benzene rings is 2. The molecule has 0 aliphatic carbocycles. The number of aromatic nitrogens is 1. The maximum absolute atomic E-state index is 13.1. The number of hydrogen-bond acceptors (Lipinski definition) is 3. The van der Waals surface area contributed by atoms with Gasteiger partial charge in [-0.3, -0.25) is 9.59 Å². The molecule has 0 aliphatic heterocycles. The highest BCUT2D eigenvalue weighted by atomic mass is 16.5. The van der Waals surface area contributed by atoms with Crippen LogP contribution in [0.4, 0.5) is 0 Å². The third-order valence-corrected chi connectivity index (χ3v) is 4.80. The van der Waals surface area contributed by atoms with Gasteiger partial charge in [0, 0.05) is 44.0 Å². The van der Waals surface area contributed by atoms with Crippen LogP contribution in [0.15, 0.2) is 54.7 Å². The van der Waals surface area contributed by atoms with Crippen molar-refractivity contribution in [1.29, 1.82) is 0 Å². The molecule has 0 unspecified atom stereocenters. The second-order valence-electron chi connectivity index (χ2n) is 7.09. The van der Waals surface area contributed by atoms with Crippen LogP contribution in [-0.2, 0) is 22.6 Å². The van der Waals surface area contributed by atoms with Crippen LogP contribution in [-0.4, -0.2) is 41.4 Å². The Bertz CT molecular complexity index is 978. The maximum atomic E-state index is 13.1. The first kappa shape index (κ1) is 20.5. The van der Waals surface area contributed by atoms with Gasteiger partial charge in [-0.1, -0.05) is 30.3 Å². The molecule has 2 amide bonds. The summed E-state index contributed by atoms with van der Waals surface area (Å²) in [6.07, 6.45) is 2.33. The molecule has 3 rings (SSSR count). The van der Waals surface area contributed by atoms with Crippen LogP contribution < -0.4 is 10.1 Å². The number of fused-ring (bicyclic) bond motifs is 1. The fourth-order valence-electron chi connectivity index (χ4n) is 3.44. The molecular weight excluding hydrogens is 366 g/mol. The monoisotopic (exact) mass is 393 g/mol. The van der Waals surface area contributed by atoms with Gasteiger partial charge in [-0.25, -0.2) is 0 Å². The number of para-hydroxylation sites is 1. The molecular formula is C23H27N3O3. The lowest BCUT2D eigenvalue weighted by Crippen LogP contribution is -2.47. The molecule has 0 saturated heterocycles. The minimum atomic E-state index is -0.626. The predicted molar refractivity (Wildman–Crippen MR) is 114 cm³/mol. The fourth-order valence-corrected chi connectivity index (χ4v) is 3.44. The SMILES string of the molecule is CCOc1ccc(CN(C)C(=O)[C@H](Cc2c[nH]c3ccccc23)NC(C)=O)cc1. The van der Waals surface area contributed by atoms with Gasteiger partial charge < -0.3 is 19.9 Å². The van der Waals surface area contributed by atoms with Gasteiger partial charge in [-0.2, -0.15) is 0 Å². The molecule has 0 radical (unpaired) electrons. The van der Waals surface area contributed by atoms with E-state index in [1.165, 1.54) is 6.92 Å². The Morgan fingerprint density at radius 3 is 2.55 bits per heavy atom. The van der Waals surface area contributed by atoms with Gasteiger partial charge in [0.1, 0.15) is 11.8 Å². The van der Waals surface area contributed by atoms with E-state index < -0.39 is 6.04 Å². The third-order valence-electron chi connectivity index (χ3n) is 4.80. The standard InChI is InChI=1S/C23H27N3O3/c1-4-29-19-11-9-17(10-12-19)15-26(3)23(28)22(25-16(2)27)13-18-14-24-21-8-6-5-7-20(18)21/h5-12,14,22,24H,4,13,15H2,1-3H3,(H,25,27)/t22-/m0/s1. The van der Waals surface area contributed by atoms with Gasteiger partial charge in [0.25, 0.3) is 0 Å². The van der Waals surface area contributed by atoms with Crippen LogP contribution in [0, 0.1) is 0 Å². The summed E-state index contributed by atoms with van der Waals surface area (Å²) in [6, 6.07) is 15.0. The summed E-state index contributed by atoms with van der Waals surface area (Å²) < 4.78 is 5.46. The minimum Gasteiger partial charge on any atom is -0.494 e. The average molecular weight is 393 g/mol. The van der Waals surface area contributed by atoms with Crippen molar-refractivity contribution in [3.05, 3.63) is 65.9 Å². The zero-order valence-corrected chi connectivity index (χ0v) is 17.1. The third kappa shape index (κ3) is 5.16. The van der Waals surface area contributed by atoms with Crippen molar-refractivity contribution in [2.45, 2.75) is 32.9 Å². The minimum absolute atomic E-state index is 0.126. The lowest BCUT2D eigenvalue weighted by molar-refractivity contribution is -0.135. The summed E-state index contributed by atoms with van der Waals surface area (Å²) in [5.74, 6) is 0.456. The van der Waals surface area contributed by atoms with Crippen molar-refractivity contribution in [2.24, 2.45) is 0 Å². The van der Waals surface area contributed by atoms with Crippen LogP contribution in [0.3, 0.4) is 0 Å². The first-order chi connectivity index (χ1) is 14.0. The topological polar surface area (TPSA) is 74.4 Å². The number of H-pyrrole nitrogens is 1. The molecule has 152 valence electrons. The van der Waals surface area contributed by atoms with Crippen LogP contribution in [0.1, 0.15) is 25.0 Å². The Morgan fingerprint density at radius 2 is 1.86 bits per heavy atom. The molecule has 0 spiro atoms. The molecule has 2 aromatic carbocycles. The first-order valence-electron chi connectivity index (χ1n) is 9.76.